The van der Waals surface area contributed by atoms with E-state index in [9.17, 15) is 19.2 Å². The fourth-order valence-corrected chi connectivity index (χ4v) is 2.73. The van der Waals surface area contributed by atoms with Crippen LogP contribution in [0.4, 0.5) is 0 Å². The van der Waals surface area contributed by atoms with Gasteiger partial charge in [0.2, 0.25) is 17.7 Å². The van der Waals surface area contributed by atoms with Crippen LogP contribution in [0.25, 0.3) is 0 Å². The average Bonchev–Trinajstić information content (AvgIpc) is 2.65. The zero-order valence-electron chi connectivity index (χ0n) is 15.9. The van der Waals surface area contributed by atoms with Gasteiger partial charge in [-0.1, -0.05) is 20.3 Å². The zero-order chi connectivity index (χ0) is 21.0. The lowest BCUT2D eigenvalue weighted by molar-refractivity contribution is -0.139. The highest BCUT2D eigenvalue weighted by Crippen LogP contribution is 2.10. The number of rotatable bonds is 13. The molecule has 0 fully saturated rings. The van der Waals surface area contributed by atoms with Gasteiger partial charge in [-0.2, -0.15) is 24.4 Å². The van der Waals surface area contributed by atoms with Gasteiger partial charge in [0.25, 0.3) is 0 Å². The molecule has 0 aliphatic rings. The summed E-state index contributed by atoms with van der Waals surface area (Å²) in [4.78, 5) is 47.6. The number of carbonyl (C=O) groups excluding carboxylic acids is 3. The monoisotopic (exact) mass is 422 g/mol. The number of thiol groups is 1. The third-order valence-electron chi connectivity index (χ3n) is 3.98. The van der Waals surface area contributed by atoms with Crippen molar-refractivity contribution in [2.45, 2.75) is 44.8 Å². The molecule has 0 rings (SSSR count). The van der Waals surface area contributed by atoms with E-state index in [0.717, 1.165) is 0 Å². The Labute approximate surface area is 169 Å². The Kier molecular flexibility index (Phi) is 12.9. The molecule has 27 heavy (non-hydrogen) atoms. The van der Waals surface area contributed by atoms with Crippen LogP contribution in [-0.2, 0) is 19.2 Å². The molecule has 0 heterocycles. The minimum absolute atomic E-state index is 0.135. The molecule has 6 N–H and O–H groups in total. The van der Waals surface area contributed by atoms with Gasteiger partial charge in [-0.05, 0) is 24.3 Å². The summed E-state index contributed by atoms with van der Waals surface area (Å²) in [5.41, 5.74) is 5.64. The Balaban J connectivity index is 5.19. The molecular weight excluding hydrogens is 392 g/mol. The summed E-state index contributed by atoms with van der Waals surface area (Å²) < 4.78 is 0. The highest BCUT2D eigenvalue weighted by molar-refractivity contribution is 7.98. The van der Waals surface area contributed by atoms with Gasteiger partial charge in [-0.3, -0.25) is 19.2 Å². The molecule has 11 heteroatoms. The van der Waals surface area contributed by atoms with E-state index >= 15 is 0 Å². The van der Waals surface area contributed by atoms with Crippen molar-refractivity contribution in [1.29, 1.82) is 0 Å². The molecule has 0 aromatic carbocycles. The van der Waals surface area contributed by atoms with Gasteiger partial charge in [0.05, 0.1) is 6.04 Å². The first-order chi connectivity index (χ1) is 12.7. The normalized spacial score (nSPS) is 15.1. The third-order valence-corrected chi connectivity index (χ3v) is 5.02. The van der Waals surface area contributed by atoms with E-state index in [4.69, 9.17) is 10.8 Å². The molecule has 156 valence electrons. The second-order valence-corrected chi connectivity index (χ2v) is 7.47. The minimum Gasteiger partial charge on any atom is -0.480 e. The summed E-state index contributed by atoms with van der Waals surface area (Å²) in [7, 11) is 0. The summed E-state index contributed by atoms with van der Waals surface area (Å²) in [5.74, 6) is -2.24. The van der Waals surface area contributed by atoms with Gasteiger partial charge >= 0.3 is 5.97 Å². The van der Waals surface area contributed by atoms with E-state index in [1.54, 1.807) is 6.92 Å². The number of hydrogen-bond acceptors (Lipinski definition) is 7. The van der Waals surface area contributed by atoms with Crippen LogP contribution >= 0.6 is 24.4 Å². The zero-order valence-corrected chi connectivity index (χ0v) is 17.6. The number of carboxylic acids is 1. The summed E-state index contributed by atoms with van der Waals surface area (Å²) in [6.45, 7) is 3.09. The van der Waals surface area contributed by atoms with Crippen molar-refractivity contribution in [2.24, 2.45) is 11.7 Å². The summed E-state index contributed by atoms with van der Waals surface area (Å²) in [6.07, 6.45) is 2.83. The molecule has 0 radical (unpaired) electrons. The van der Waals surface area contributed by atoms with E-state index in [2.05, 4.69) is 28.6 Å². The quantitative estimate of drug-likeness (QED) is 0.213. The molecule has 0 saturated carbocycles. The van der Waals surface area contributed by atoms with Crippen LogP contribution in [0.1, 0.15) is 26.7 Å². The van der Waals surface area contributed by atoms with Crippen molar-refractivity contribution < 1.29 is 24.3 Å². The fourth-order valence-electron chi connectivity index (χ4n) is 2.09. The van der Waals surface area contributed by atoms with Crippen LogP contribution in [0.2, 0.25) is 0 Å². The lowest BCUT2D eigenvalue weighted by Crippen LogP contribution is -2.57. The molecule has 4 atom stereocenters. The van der Waals surface area contributed by atoms with Crippen LogP contribution in [0.15, 0.2) is 0 Å². The highest BCUT2D eigenvalue weighted by atomic mass is 32.2. The van der Waals surface area contributed by atoms with Gasteiger partial charge in [0.15, 0.2) is 0 Å². The minimum atomic E-state index is -1.18. The standard InChI is InChI=1S/C16H30N4O5S2/c1-4-9(2)13(16(25)18-7-12(21)22)20-15(24)11(5-6-27-3)19-14(23)10(17)8-26/h9-11,13,26H,4-8,17H2,1-3H3,(H,18,25)(H,19,23)(H,20,24)(H,21,22). The van der Waals surface area contributed by atoms with E-state index < -0.39 is 48.4 Å². The Hall–Kier alpha value is -1.46. The van der Waals surface area contributed by atoms with E-state index in [1.165, 1.54) is 11.8 Å². The van der Waals surface area contributed by atoms with Crippen LogP contribution < -0.4 is 21.7 Å². The van der Waals surface area contributed by atoms with Crippen molar-refractivity contribution in [3.8, 4) is 0 Å². The van der Waals surface area contributed by atoms with Crippen LogP contribution in [0, 0.1) is 5.92 Å². The topological polar surface area (TPSA) is 151 Å². The predicted octanol–water partition coefficient (Wildman–Crippen LogP) is -0.787. The van der Waals surface area contributed by atoms with Gasteiger partial charge in [-0.25, -0.2) is 0 Å². The molecule has 0 saturated heterocycles. The van der Waals surface area contributed by atoms with Gasteiger partial charge < -0.3 is 26.8 Å². The van der Waals surface area contributed by atoms with Gasteiger partial charge in [0.1, 0.15) is 18.6 Å². The van der Waals surface area contributed by atoms with Crippen molar-refractivity contribution in [3.05, 3.63) is 0 Å². The average molecular weight is 423 g/mol. The Morgan fingerprint density at radius 1 is 1.15 bits per heavy atom. The van der Waals surface area contributed by atoms with Crippen molar-refractivity contribution in [3.63, 3.8) is 0 Å². The Morgan fingerprint density at radius 2 is 1.78 bits per heavy atom. The maximum atomic E-state index is 12.7. The Morgan fingerprint density at radius 3 is 2.26 bits per heavy atom. The number of nitrogens with two attached hydrogens (primary N) is 1. The van der Waals surface area contributed by atoms with Crippen LogP contribution in [0.5, 0.6) is 0 Å². The summed E-state index contributed by atoms with van der Waals surface area (Å²) in [5, 5.41) is 16.2. The number of carboxylic acid groups (broad SMARTS) is 1. The number of aliphatic carboxylic acids is 1. The first-order valence-electron chi connectivity index (χ1n) is 8.63. The molecule has 0 spiro atoms. The highest BCUT2D eigenvalue weighted by Gasteiger charge is 2.30. The van der Waals surface area contributed by atoms with Crippen LogP contribution in [-0.4, -0.2) is 71.2 Å². The Bertz CT molecular complexity index is 521. The molecule has 0 aromatic heterocycles. The maximum absolute atomic E-state index is 12.7. The number of nitrogens with one attached hydrogen (secondary N) is 3. The molecule has 3 amide bonds. The largest absolute Gasteiger partial charge is 0.480 e. The predicted molar refractivity (Wildman–Crippen MR) is 109 cm³/mol. The SMILES string of the molecule is CCC(C)C(NC(=O)C(CCSC)NC(=O)C(N)CS)C(=O)NCC(=O)O. The van der Waals surface area contributed by atoms with Crippen molar-refractivity contribution >= 4 is 48.1 Å². The first-order valence-corrected chi connectivity index (χ1v) is 10.7. The van der Waals surface area contributed by atoms with E-state index in [-0.39, 0.29) is 11.7 Å². The number of carbonyl (C=O) groups is 4. The van der Waals surface area contributed by atoms with Crippen LogP contribution in [0.3, 0.4) is 0 Å². The lowest BCUT2D eigenvalue weighted by Gasteiger charge is -2.26. The third kappa shape index (κ3) is 9.87. The van der Waals surface area contributed by atoms with Crippen molar-refractivity contribution in [2.75, 3.05) is 24.3 Å². The smallest absolute Gasteiger partial charge is 0.322 e. The van der Waals surface area contributed by atoms with E-state index in [0.29, 0.717) is 18.6 Å². The summed E-state index contributed by atoms with van der Waals surface area (Å²) >= 11 is 5.48. The first kappa shape index (κ1) is 25.5. The van der Waals surface area contributed by atoms with Crippen molar-refractivity contribution in [1.82, 2.24) is 16.0 Å². The number of hydrogen-bond donors (Lipinski definition) is 6. The molecule has 0 aromatic rings. The summed E-state index contributed by atoms with van der Waals surface area (Å²) in [6, 6.07) is -2.61. The van der Waals surface area contributed by atoms with E-state index in [1.807, 2.05) is 13.2 Å². The second-order valence-electron chi connectivity index (χ2n) is 6.12. The number of thioether (sulfide) groups is 1. The molecule has 9 nitrogen and oxygen atoms in total. The second kappa shape index (κ2) is 13.7. The fraction of sp³-hybridized carbons (Fsp3) is 0.750. The maximum Gasteiger partial charge on any atom is 0.322 e. The van der Waals surface area contributed by atoms with Gasteiger partial charge in [-0.15, -0.1) is 0 Å². The number of amides is 3. The molecular formula is C16H30N4O5S2. The molecule has 0 bridgehead atoms. The van der Waals surface area contributed by atoms with Gasteiger partial charge in [0, 0.05) is 5.75 Å². The lowest BCUT2D eigenvalue weighted by atomic mass is 9.97. The molecule has 0 aliphatic heterocycles. The molecule has 4 unspecified atom stereocenters. The molecule has 0 aliphatic carbocycles.